The van der Waals surface area contributed by atoms with Crippen molar-refractivity contribution < 1.29 is 19.0 Å². The molecule has 0 fully saturated rings. The molecule has 0 amide bonds. The van der Waals surface area contributed by atoms with Gasteiger partial charge in [0.05, 0.1) is 15.9 Å². The van der Waals surface area contributed by atoms with Crippen LogP contribution in [0.2, 0.25) is 0 Å². The van der Waals surface area contributed by atoms with Gasteiger partial charge in [-0.2, -0.15) is 0 Å². The molecule has 142 valence electrons. The summed E-state index contributed by atoms with van der Waals surface area (Å²) in [5.74, 6) is 0.361. The van der Waals surface area contributed by atoms with Crippen molar-refractivity contribution >= 4 is 17.1 Å². The number of aromatic nitrogens is 1. The van der Waals surface area contributed by atoms with Gasteiger partial charge in [-0.15, -0.1) is 0 Å². The molecular formula is C18H13FN4O5. The Balaban J connectivity index is 1.67. The normalized spacial score (nSPS) is 10.3. The first-order valence-corrected chi connectivity index (χ1v) is 7.97. The number of hydrogen-bond donors (Lipinski definition) is 1. The van der Waals surface area contributed by atoms with E-state index in [-0.39, 0.29) is 23.7 Å². The van der Waals surface area contributed by atoms with Crippen molar-refractivity contribution in [3.63, 3.8) is 0 Å². The second-order valence-corrected chi connectivity index (χ2v) is 5.63. The zero-order chi connectivity index (χ0) is 20.1. The number of rotatable bonds is 7. The second-order valence-electron chi connectivity index (χ2n) is 5.63. The third-order valence-electron chi connectivity index (χ3n) is 3.71. The van der Waals surface area contributed by atoms with Crippen molar-refractivity contribution in [1.82, 2.24) is 4.98 Å². The molecule has 1 heterocycles. The zero-order valence-electron chi connectivity index (χ0n) is 14.2. The summed E-state index contributed by atoms with van der Waals surface area (Å²) in [5, 5.41) is 24.8. The van der Waals surface area contributed by atoms with E-state index in [0.29, 0.717) is 17.2 Å². The summed E-state index contributed by atoms with van der Waals surface area (Å²) in [6.07, 6.45) is 1.52. The Morgan fingerprint density at radius 2 is 1.75 bits per heavy atom. The van der Waals surface area contributed by atoms with Crippen molar-refractivity contribution in [1.29, 1.82) is 0 Å². The minimum atomic E-state index is -0.694. The summed E-state index contributed by atoms with van der Waals surface area (Å²) in [6.45, 7) is 0.211. The number of pyridine rings is 1. The molecule has 0 spiro atoms. The van der Waals surface area contributed by atoms with Crippen molar-refractivity contribution in [2.45, 2.75) is 6.54 Å². The van der Waals surface area contributed by atoms with Crippen LogP contribution in [-0.2, 0) is 6.54 Å². The largest absolute Gasteiger partial charge is 0.439 e. The summed E-state index contributed by atoms with van der Waals surface area (Å²) < 4.78 is 18.4. The Labute approximate surface area is 157 Å². The SMILES string of the molecule is O=[N+]([O-])c1ccc(NCc2ccc(Oc3ccc(F)cc3)nc2)c([N+](=O)[O-])c1. The van der Waals surface area contributed by atoms with Gasteiger partial charge in [0.2, 0.25) is 5.88 Å². The van der Waals surface area contributed by atoms with E-state index in [1.54, 1.807) is 12.1 Å². The van der Waals surface area contributed by atoms with Crippen LogP contribution in [0, 0.1) is 26.0 Å². The molecule has 0 bridgehead atoms. The molecule has 3 aromatic rings. The predicted molar refractivity (Wildman–Crippen MR) is 97.8 cm³/mol. The number of halogens is 1. The smallest absolute Gasteiger partial charge is 0.299 e. The molecule has 0 aliphatic heterocycles. The summed E-state index contributed by atoms with van der Waals surface area (Å²) in [5.41, 5.74) is 0.112. The first-order valence-electron chi connectivity index (χ1n) is 7.97. The van der Waals surface area contributed by atoms with Crippen LogP contribution in [0.5, 0.6) is 11.6 Å². The standard InChI is InChI=1S/C18H13FN4O5/c19-13-2-5-15(6-3-13)28-18-8-1-12(11-21-18)10-20-16-7-4-14(22(24)25)9-17(16)23(26)27/h1-9,11,20H,10H2. The Morgan fingerprint density at radius 3 is 2.36 bits per heavy atom. The summed E-state index contributed by atoms with van der Waals surface area (Å²) >= 11 is 0. The van der Waals surface area contributed by atoms with Crippen LogP contribution >= 0.6 is 0 Å². The first kappa shape index (κ1) is 18.7. The fourth-order valence-corrected chi connectivity index (χ4v) is 2.33. The summed E-state index contributed by atoms with van der Waals surface area (Å²) in [7, 11) is 0. The van der Waals surface area contributed by atoms with Crippen LogP contribution in [0.15, 0.2) is 60.8 Å². The highest BCUT2D eigenvalue weighted by molar-refractivity contribution is 5.65. The molecule has 3 rings (SSSR count). The number of nitro groups is 2. The monoisotopic (exact) mass is 384 g/mol. The van der Waals surface area contributed by atoms with Crippen molar-refractivity contribution in [3.8, 4) is 11.6 Å². The highest BCUT2D eigenvalue weighted by Crippen LogP contribution is 2.29. The Hall–Kier alpha value is -4.08. The van der Waals surface area contributed by atoms with E-state index < -0.39 is 15.5 Å². The molecule has 10 heteroatoms. The Morgan fingerprint density at radius 1 is 1.00 bits per heavy atom. The van der Waals surface area contributed by atoms with E-state index >= 15 is 0 Å². The topological polar surface area (TPSA) is 120 Å². The van der Waals surface area contributed by atoms with Crippen LogP contribution in [0.1, 0.15) is 5.56 Å². The number of ether oxygens (including phenoxy) is 1. The number of nitro benzene ring substituents is 2. The lowest BCUT2D eigenvalue weighted by atomic mass is 10.2. The molecule has 0 aliphatic carbocycles. The molecule has 0 aliphatic rings. The molecule has 28 heavy (non-hydrogen) atoms. The fourth-order valence-electron chi connectivity index (χ4n) is 2.33. The molecule has 0 saturated carbocycles. The molecule has 0 unspecified atom stereocenters. The minimum absolute atomic E-state index is 0.155. The van der Waals surface area contributed by atoms with E-state index in [0.717, 1.165) is 6.07 Å². The van der Waals surface area contributed by atoms with E-state index in [4.69, 9.17) is 4.74 Å². The van der Waals surface area contributed by atoms with Gasteiger partial charge in [0.1, 0.15) is 17.3 Å². The summed E-state index contributed by atoms with van der Waals surface area (Å²) in [6, 6.07) is 12.2. The third-order valence-corrected chi connectivity index (χ3v) is 3.71. The lowest BCUT2D eigenvalue weighted by Gasteiger charge is -2.08. The quantitative estimate of drug-likeness (QED) is 0.472. The molecule has 1 aromatic heterocycles. The van der Waals surface area contributed by atoms with E-state index in [1.807, 2.05) is 0 Å². The predicted octanol–water partition coefficient (Wildman–Crippen LogP) is 4.44. The van der Waals surface area contributed by atoms with Crippen LogP contribution < -0.4 is 10.1 Å². The third kappa shape index (κ3) is 4.55. The van der Waals surface area contributed by atoms with Gasteiger partial charge >= 0.3 is 0 Å². The van der Waals surface area contributed by atoms with Gasteiger partial charge in [0.25, 0.3) is 11.4 Å². The van der Waals surface area contributed by atoms with Gasteiger partial charge in [0.15, 0.2) is 0 Å². The maximum absolute atomic E-state index is 12.9. The Bertz CT molecular complexity index is 1010. The second kappa shape index (κ2) is 8.08. The fraction of sp³-hybridized carbons (Fsp3) is 0.0556. The minimum Gasteiger partial charge on any atom is -0.439 e. The van der Waals surface area contributed by atoms with Crippen molar-refractivity contribution in [2.75, 3.05) is 5.32 Å². The van der Waals surface area contributed by atoms with Crippen LogP contribution in [0.4, 0.5) is 21.5 Å². The number of nitrogens with one attached hydrogen (secondary N) is 1. The maximum atomic E-state index is 12.9. The number of anilines is 1. The highest BCUT2D eigenvalue weighted by Gasteiger charge is 2.19. The lowest BCUT2D eigenvalue weighted by molar-refractivity contribution is -0.393. The van der Waals surface area contributed by atoms with Crippen LogP contribution in [0.3, 0.4) is 0 Å². The van der Waals surface area contributed by atoms with Crippen molar-refractivity contribution in [3.05, 3.63) is 92.4 Å². The van der Waals surface area contributed by atoms with Gasteiger partial charge < -0.3 is 10.1 Å². The average Bonchev–Trinajstić information content (AvgIpc) is 2.69. The summed E-state index contributed by atoms with van der Waals surface area (Å²) in [4.78, 5) is 24.7. The molecule has 0 radical (unpaired) electrons. The average molecular weight is 384 g/mol. The van der Waals surface area contributed by atoms with Crippen LogP contribution in [0.25, 0.3) is 0 Å². The molecular weight excluding hydrogens is 371 g/mol. The zero-order valence-corrected chi connectivity index (χ0v) is 14.2. The molecule has 1 N–H and O–H groups in total. The molecule has 0 atom stereocenters. The maximum Gasteiger partial charge on any atom is 0.299 e. The van der Waals surface area contributed by atoms with Gasteiger partial charge in [-0.25, -0.2) is 9.37 Å². The van der Waals surface area contributed by atoms with Gasteiger partial charge in [0, 0.05) is 24.9 Å². The lowest BCUT2D eigenvalue weighted by Crippen LogP contribution is -2.04. The first-order chi connectivity index (χ1) is 13.4. The molecule has 0 saturated heterocycles. The van der Waals surface area contributed by atoms with Gasteiger partial charge in [-0.1, -0.05) is 6.07 Å². The number of hydrogen-bond acceptors (Lipinski definition) is 7. The number of nitrogens with zero attached hydrogens (tertiary/aromatic N) is 3. The van der Waals surface area contributed by atoms with E-state index in [2.05, 4.69) is 10.3 Å². The molecule has 9 nitrogen and oxygen atoms in total. The van der Waals surface area contributed by atoms with Crippen molar-refractivity contribution in [2.24, 2.45) is 0 Å². The van der Waals surface area contributed by atoms with E-state index in [1.165, 1.54) is 42.6 Å². The van der Waals surface area contributed by atoms with E-state index in [9.17, 15) is 24.6 Å². The van der Waals surface area contributed by atoms with Crippen LogP contribution in [-0.4, -0.2) is 14.8 Å². The van der Waals surface area contributed by atoms with Gasteiger partial charge in [-0.3, -0.25) is 20.2 Å². The highest BCUT2D eigenvalue weighted by atomic mass is 19.1. The number of non-ortho nitro benzene ring substituents is 1. The molecule has 2 aromatic carbocycles. The van der Waals surface area contributed by atoms with Gasteiger partial charge in [-0.05, 0) is 35.9 Å². The Kier molecular flexibility index (Phi) is 5.40. The number of benzene rings is 2.